The molecule has 0 aromatic heterocycles. The van der Waals surface area contributed by atoms with E-state index in [0.29, 0.717) is 22.3 Å². The first-order valence-electron chi connectivity index (χ1n) is 8.68. The van der Waals surface area contributed by atoms with E-state index in [2.05, 4.69) is 26.1 Å². The lowest BCUT2D eigenvalue weighted by molar-refractivity contribution is 0.584. The molecule has 0 atom stereocenters. The lowest BCUT2D eigenvalue weighted by Gasteiger charge is -2.21. The number of benzene rings is 3. The first-order valence-corrected chi connectivity index (χ1v) is 8.68. The van der Waals surface area contributed by atoms with Crippen molar-refractivity contribution in [2.75, 3.05) is 0 Å². The quantitative estimate of drug-likeness (QED) is 0.537. The Bertz CT molecular complexity index is 1120. The van der Waals surface area contributed by atoms with E-state index >= 15 is 0 Å². The molecule has 5 heteroatoms. The summed E-state index contributed by atoms with van der Waals surface area (Å²) in [4.78, 5) is 0. The van der Waals surface area contributed by atoms with Crippen molar-refractivity contribution < 1.29 is 8.78 Å². The van der Waals surface area contributed by atoms with Crippen molar-refractivity contribution in [2.24, 2.45) is 0 Å². The highest BCUT2D eigenvalue weighted by atomic mass is 19.1. The van der Waals surface area contributed by atoms with Crippen LogP contribution < -0.4 is 5.32 Å². The molecule has 27 heavy (non-hydrogen) atoms. The molecule has 0 fully saturated rings. The lowest BCUT2D eigenvalue weighted by Crippen LogP contribution is -2.20. The molecular formula is C22H19F2N3. The molecular weight excluding hydrogens is 344 g/mol. The van der Waals surface area contributed by atoms with Gasteiger partial charge in [-0.3, -0.25) is 10.8 Å². The average molecular weight is 363 g/mol. The van der Waals surface area contributed by atoms with Gasteiger partial charge in [0.2, 0.25) is 0 Å². The molecule has 0 saturated heterocycles. The fraction of sp³-hybridized carbons (Fsp3) is 0.182. The summed E-state index contributed by atoms with van der Waals surface area (Å²) in [5, 5.41) is 20.8. The third kappa shape index (κ3) is 2.79. The summed E-state index contributed by atoms with van der Waals surface area (Å²) < 4.78 is 27.9. The van der Waals surface area contributed by atoms with Gasteiger partial charge in [-0.25, -0.2) is 8.78 Å². The van der Waals surface area contributed by atoms with Gasteiger partial charge >= 0.3 is 0 Å². The van der Waals surface area contributed by atoms with Crippen molar-refractivity contribution in [3.05, 3.63) is 70.8 Å². The van der Waals surface area contributed by atoms with Crippen molar-refractivity contribution in [2.45, 2.75) is 26.2 Å². The number of hydrogen-bond donors (Lipinski definition) is 3. The van der Waals surface area contributed by atoms with Crippen LogP contribution in [0.15, 0.2) is 42.5 Å². The van der Waals surface area contributed by atoms with Gasteiger partial charge in [0.25, 0.3) is 0 Å². The van der Waals surface area contributed by atoms with Crippen LogP contribution in [-0.2, 0) is 5.41 Å². The van der Waals surface area contributed by atoms with E-state index in [1.165, 1.54) is 12.1 Å². The summed E-state index contributed by atoms with van der Waals surface area (Å²) in [6.07, 6.45) is 0. The molecule has 1 aliphatic heterocycles. The van der Waals surface area contributed by atoms with E-state index in [9.17, 15) is 8.78 Å². The zero-order chi connectivity index (χ0) is 19.5. The van der Waals surface area contributed by atoms with E-state index in [4.69, 9.17) is 10.8 Å². The molecule has 3 N–H and O–H groups in total. The third-order valence-corrected chi connectivity index (χ3v) is 4.93. The number of nitrogens with one attached hydrogen (secondary N) is 3. The zero-order valence-electron chi connectivity index (χ0n) is 15.3. The van der Waals surface area contributed by atoms with Crippen LogP contribution >= 0.6 is 0 Å². The Hall–Kier alpha value is -3.08. The molecule has 1 aliphatic rings. The van der Waals surface area contributed by atoms with Crippen molar-refractivity contribution in [1.29, 1.82) is 10.8 Å². The Morgan fingerprint density at radius 3 is 2.11 bits per heavy atom. The topological polar surface area (TPSA) is 59.7 Å². The monoisotopic (exact) mass is 363 g/mol. The van der Waals surface area contributed by atoms with Crippen LogP contribution in [0.3, 0.4) is 0 Å². The highest BCUT2D eigenvalue weighted by Crippen LogP contribution is 2.39. The maximum atomic E-state index is 14.0. The average Bonchev–Trinajstić information content (AvgIpc) is 2.84. The number of rotatable bonds is 1. The summed E-state index contributed by atoms with van der Waals surface area (Å²) in [6.45, 7) is 6.30. The molecule has 136 valence electrons. The summed E-state index contributed by atoms with van der Waals surface area (Å²) in [5.74, 6) is -1.15. The third-order valence-electron chi connectivity index (χ3n) is 4.93. The minimum atomic E-state index is -0.671. The summed E-state index contributed by atoms with van der Waals surface area (Å²) >= 11 is 0. The second-order valence-corrected chi connectivity index (χ2v) is 7.89. The molecule has 3 aromatic carbocycles. The number of hydrogen-bond acceptors (Lipinski definition) is 2. The van der Waals surface area contributed by atoms with Gasteiger partial charge in [0.1, 0.15) is 23.3 Å². The molecule has 1 heterocycles. The van der Waals surface area contributed by atoms with Gasteiger partial charge in [-0.05, 0) is 51.6 Å². The highest BCUT2D eigenvalue weighted by Gasteiger charge is 2.28. The van der Waals surface area contributed by atoms with Gasteiger partial charge in [-0.2, -0.15) is 0 Å². The number of amidine groups is 2. The summed E-state index contributed by atoms with van der Waals surface area (Å²) in [6, 6.07) is 11.2. The molecule has 4 rings (SSSR count). The van der Waals surface area contributed by atoms with Crippen LogP contribution in [0.1, 0.15) is 37.5 Å². The predicted octanol–water partition coefficient (Wildman–Crippen LogP) is 5.34. The Kier molecular flexibility index (Phi) is 3.67. The van der Waals surface area contributed by atoms with E-state index in [1.54, 1.807) is 0 Å². The standard InChI is InChI=1S/C22H19F2N3/c1-22(2,3)13-5-4-11-8-17-19(21(26)27-20(17)25)18(16(11)9-13)12-6-14(23)10-15(24)7-12/h4-10H,1-3H3,(H3,25,26,27). The fourth-order valence-corrected chi connectivity index (χ4v) is 3.57. The largest absolute Gasteiger partial charge is 0.325 e. The molecule has 0 unspecified atom stereocenters. The molecule has 0 spiro atoms. The minimum Gasteiger partial charge on any atom is -0.325 e. The Labute approximate surface area is 156 Å². The first-order chi connectivity index (χ1) is 12.6. The van der Waals surface area contributed by atoms with Crippen LogP contribution in [0.5, 0.6) is 0 Å². The lowest BCUT2D eigenvalue weighted by atomic mass is 9.83. The van der Waals surface area contributed by atoms with E-state index in [1.807, 2.05) is 24.3 Å². The maximum Gasteiger partial charge on any atom is 0.132 e. The molecule has 3 aromatic rings. The SMILES string of the molecule is CC(C)(C)c1ccc2cc3c(c(-c4cc(F)cc(F)c4)c2c1)C(=N)NC3=N. The Morgan fingerprint density at radius 1 is 0.815 bits per heavy atom. The second kappa shape index (κ2) is 5.71. The van der Waals surface area contributed by atoms with Crippen LogP contribution in [0.4, 0.5) is 8.78 Å². The van der Waals surface area contributed by atoms with Gasteiger partial charge in [-0.15, -0.1) is 0 Å². The van der Waals surface area contributed by atoms with Crippen molar-refractivity contribution in [3.63, 3.8) is 0 Å². The molecule has 3 nitrogen and oxygen atoms in total. The molecule has 0 saturated carbocycles. The Balaban J connectivity index is 2.17. The van der Waals surface area contributed by atoms with E-state index in [0.717, 1.165) is 22.4 Å². The smallest absolute Gasteiger partial charge is 0.132 e. The van der Waals surface area contributed by atoms with Gasteiger partial charge in [-0.1, -0.05) is 32.9 Å². The molecule has 0 radical (unpaired) electrons. The van der Waals surface area contributed by atoms with Crippen LogP contribution in [-0.4, -0.2) is 11.7 Å². The molecule has 0 aliphatic carbocycles. The first kappa shape index (κ1) is 17.3. The zero-order valence-corrected chi connectivity index (χ0v) is 15.3. The predicted molar refractivity (Wildman–Crippen MR) is 105 cm³/mol. The van der Waals surface area contributed by atoms with Crippen molar-refractivity contribution >= 4 is 22.4 Å². The van der Waals surface area contributed by atoms with Gasteiger partial charge in [0, 0.05) is 22.8 Å². The molecule has 0 amide bonds. The Morgan fingerprint density at radius 2 is 1.48 bits per heavy atom. The van der Waals surface area contributed by atoms with Gasteiger partial charge < -0.3 is 5.32 Å². The van der Waals surface area contributed by atoms with Crippen molar-refractivity contribution in [1.82, 2.24) is 5.32 Å². The van der Waals surface area contributed by atoms with Crippen molar-refractivity contribution in [3.8, 4) is 11.1 Å². The van der Waals surface area contributed by atoms with Crippen LogP contribution in [0.2, 0.25) is 0 Å². The van der Waals surface area contributed by atoms with Gasteiger partial charge in [0.15, 0.2) is 0 Å². The van der Waals surface area contributed by atoms with Gasteiger partial charge in [0.05, 0.1) is 0 Å². The maximum absolute atomic E-state index is 14.0. The summed E-state index contributed by atoms with van der Waals surface area (Å²) in [7, 11) is 0. The normalized spacial score (nSPS) is 13.8. The molecule has 0 bridgehead atoms. The fourth-order valence-electron chi connectivity index (χ4n) is 3.57. The van der Waals surface area contributed by atoms with Crippen LogP contribution in [0, 0.1) is 22.5 Å². The second-order valence-electron chi connectivity index (χ2n) is 7.89. The number of fused-ring (bicyclic) bond motifs is 2. The van der Waals surface area contributed by atoms with E-state index < -0.39 is 11.6 Å². The highest BCUT2D eigenvalue weighted by molar-refractivity contribution is 6.28. The summed E-state index contributed by atoms with van der Waals surface area (Å²) in [5.41, 5.74) is 2.99. The number of halogens is 2. The van der Waals surface area contributed by atoms with E-state index in [-0.39, 0.29) is 17.1 Å². The minimum absolute atomic E-state index is 0.0673. The van der Waals surface area contributed by atoms with Crippen LogP contribution in [0.25, 0.3) is 21.9 Å².